The first kappa shape index (κ1) is 21.3. The summed E-state index contributed by atoms with van der Waals surface area (Å²) in [6.45, 7) is 5.56. The molecule has 1 aliphatic heterocycles. The van der Waals surface area contributed by atoms with Crippen molar-refractivity contribution in [2.45, 2.75) is 56.4 Å². The zero-order chi connectivity index (χ0) is 20.0. The largest absolute Gasteiger partial charge is 0.354 e. The van der Waals surface area contributed by atoms with Crippen molar-refractivity contribution in [1.29, 1.82) is 0 Å². The second-order valence-electron chi connectivity index (χ2n) is 8.05. The highest BCUT2D eigenvalue weighted by atomic mass is 32.2. The van der Waals surface area contributed by atoms with E-state index in [1.165, 1.54) is 12.8 Å². The summed E-state index contributed by atoms with van der Waals surface area (Å²) in [7, 11) is -3.45. The van der Waals surface area contributed by atoms with E-state index in [1.807, 2.05) is 0 Å². The fourth-order valence-corrected chi connectivity index (χ4v) is 5.58. The number of rotatable bonds is 8. The van der Waals surface area contributed by atoms with Gasteiger partial charge in [0, 0.05) is 25.0 Å². The molecular weight excluding hydrogens is 374 g/mol. The molecule has 2 N–H and O–H groups in total. The van der Waals surface area contributed by atoms with E-state index >= 15 is 0 Å². The van der Waals surface area contributed by atoms with Gasteiger partial charge in [-0.15, -0.1) is 0 Å². The van der Waals surface area contributed by atoms with E-state index in [4.69, 9.17) is 0 Å². The van der Waals surface area contributed by atoms with Crippen LogP contribution in [0.1, 0.15) is 45.4 Å². The predicted molar refractivity (Wildman–Crippen MR) is 110 cm³/mol. The number of nitrogens with one attached hydrogen (secondary N) is 2. The maximum absolute atomic E-state index is 12.5. The van der Waals surface area contributed by atoms with Crippen molar-refractivity contribution >= 4 is 15.9 Å². The van der Waals surface area contributed by atoms with Gasteiger partial charge < -0.3 is 5.32 Å². The Morgan fingerprint density at radius 2 is 1.79 bits per heavy atom. The normalized spacial score (nSPS) is 26.2. The van der Waals surface area contributed by atoms with Crippen molar-refractivity contribution in [3.8, 4) is 0 Å². The number of likely N-dealkylation sites (N-methyl/N-ethyl adjacent to an activating group) is 1. The van der Waals surface area contributed by atoms with Crippen LogP contribution in [0.5, 0.6) is 0 Å². The minimum absolute atomic E-state index is 0.0680. The molecule has 1 aromatic rings. The average molecular weight is 408 g/mol. The van der Waals surface area contributed by atoms with Gasteiger partial charge in [0.05, 0.1) is 4.90 Å². The van der Waals surface area contributed by atoms with E-state index in [0.717, 1.165) is 45.3 Å². The van der Waals surface area contributed by atoms with Crippen LogP contribution in [0.2, 0.25) is 0 Å². The summed E-state index contributed by atoms with van der Waals surface area (Å²) < 4.78 is 27.4. The molecule has 1 aromatic carbocycles. The summed E-state index contributed by atoms with van der Waals surface area (Å²) in [6, 6.07) is 8.95. The lowest BCUT2D eigenvalue weighted by molar-refractivity contribution is -0.126. The van der Waals surface area contributed by atoms with Crippen molar-refractivity contribution in [1.82, 2.24) is 14.9 Å². The smallest absolute Gasteiger partial charge is 0.240 e. The third kappa shape index (κ3) is 5.55. The Hall–Kier alpha value is -1.44. The van der Waals surface area contributed by atoms with Gasteiger partial charge in [-0.1, -0.05) is 25.1 Å². The van der Waals surface area contributed by atoms with E-state index in [-0.39, 0.29) is 11.8 Å². The number of benzene rings is 1. The Morgan fingerprint density at radius 1 is 1.07 bits per heavy atom. The van der Waals surface area contributed by atoms with Crippen LogP contribution < -0.4 is 10.0 Å². The summed E-state index contributed by atoms with van der Waals surface area (Å²) in [5.41, 5.74) is 0. The molecule has 0 aromatic heterocycles. The maximum Gasteiger partial charge on any atom is 0.240 e. The van der Waals surface area contributed by atoms with Gasteiger partial charge in [0.15, 0.2) is 0 Å². The molecule has 0 radical (unpaired) electrons. The molecule has 6 nitrogen and oxygen atoms in total. The third-order valence-electron chi connectivity index (χ3n) is 6.25. The molecule has 1 aliphatic carbocycles. The maximum atomic E-state index is 12.5. The zero-order valence-electron chi connectivity index (χ0n) is 16.8. The van der Waals surface area contributed by atoms with Crippen molar-refractivity contribution < 1.29 is 13.2 Å². The Kier molecular flexibility index (Phi) is 7.48. The summed E-state index contributed by atoms with van der Waals surface area (Å²) >= 11 is 0. The summed E-state index contributed by atoms with van der Waals surface area (Å²) in [5.74, 6) is 0.540. The molecule has 3 rings (SSSR count). The molecule has 2 fully saturated rings. The first-order chi connectivity index (χ1) is 13.5. The molecule has 1 saturated heterocycles. The second kappa shape index (κ2) is 9.85. The average Bonchev–Trinajstić information content (AvgIpc) is 3.19. The number of likely N-dealkylation sites (tertiary alicyclic amines) is 1. The molecule has 156 valence electrons. The number of nitrogens with zero attached hydrogens (tertiary/aromatic N) is 1. The molecule has 0 bridgehead atoms. The fraction of sp³-hybridized carbons (Fsp3) is 0.667. The molecule has 1 heterocycles. The molecule has 1 atom stereocenters. The first-order valence-corrected chi connectivity index (χ1v) is 12.0. The molecule has 28 heavy (non-hydrogen) atoms. The molecule has 0 unspecified atom stereocenters. The number of sulfonamides is 1. The van der Waals surface area contributed by atoms with Crippen molar-refractivity contribution in [3.63, 3.8) is 0 Å². The Balaban J connectivity index is 1.39. The highest BCUT2D eigenvalue weighted by Crippen LogP contribution is 2.29. The van der Waals surface area contributed by atoms with Gasteiger partial charge in [-0.2, -0.15) is 0 Å². The van der Waals surface area contributed by atoms with E-state index in [1.54, 1.807) is 30.3 Å². The Bertz CT molecular complexity index is 731. The lowest BCUT2D eigenvalue weighted by Gasteiger charge is -2.29. The molecule has 0 spiro atoms. The van der Waals surface area contributed by atoms with Crippen LogP contribution in [0, 0.1) is 11.8 Å². The number of carbonyl (C=O) groups excluding carboxylic acids is 1. The fourth-order valence-electron chi connectivity index (χ4n) is 4.44. The monoisotopic (exact) mass is 407 g/mol. The van der Waals surface area contributed by atoms with Crippen molar-refractivity contribution in [3.05, 3.63) is 30.3 Å². The lowest BCUT2D eigenvalue weighted by Crippen LogP contribution is -2.43. The van der Waals surface area contributed by atoms with Crippen LogP contribution in [0.15, 0.2) is 35.2 Å². The topological polar surface area (TPSA) is 78.5 Å². The highest BCUT2D eigenvalue weighted by Gasteiger charge is 2.29. The number of hydrogen-bond donors (Lipinski definition) is 2. The van der Waals surface area contributed by atoms with Gasteiger partial charge in [0.2, 0.25) is 15.9 Å². The van der Waals surface area contributed by atoms with Crippen molar-refractivity contribution in [2.75, 3.05) is 26.2 Å². The number of amides is 1. The van der Waals surface area contributed by atoms with Crippen LogP contribution in [-0.4, -0.2) is 51.4 Å². The van der Waals surface area contributed by atoms with Gasteiger partial charge in [0.1, 0.15) is 0 Å². The van der Waals surface area contributed by atoms with Crippen LogP contribution in [-0.2, 0) is 14.8 Å². The minimum Gasteiger partial charge on any atom is -0.354 e. The second-order valence-corrected chi connectivity index (χ2v) is 9.82. The van der Waals surface area contributed by atoms with Gasteiger partial charge in [-0.05, 0) is 69.7 Å². The third-order valence-corrected chi connectivity index (χ3v) is 7.69. The first-order valence-electron chi connectivity index (χ1n) is 10.6. The van der Waals surface area contributed by atoms with Crippen LogP contribution in [0.4, 0.5) is 0 Å². The van der Waals surface area contributed by atoms with Crippen LogP contribution in [0.25, 0.3) is 0 Å². The SMILES string of the molecule is CCN1CCC[C@H]1CNC(=O)C1CCC(CNS(=O)(=O)c2ccccc2)CC1. The van der Waals surface area contributed by atoms with E-state index in [9.17, 15) is 13.2 Å². The number of carbonyl (C=O) groups is 1. The molecule has 1 saturated carbocycles. The summed E-state index contributed by atoms with van der Waals surface area (Å²) in [6.07, 6.45) is 5.85. The Labute approximate surface area is 169 Å². The van der Waals surface area contributed by atoms with E-state index < -0.39 is 10.0 Å². The standard InChI is InChI=1S/C21H33N3O3S/c1-2-24-14-6-7-19(24)16-22-21(25)18-12-10-17(11-13-18)15-23-28(26,27)20-8-4-3-5-9-20/h3-5,8-9,17-19,23H,2,6-7,10-16H2,1H3,(H,22,25)/t17?,18?,19-/m0/s1. The van der Waals surface area contributed by atoms with Crippen LogP contribution in [0.3, 0.4) is 0 Å². The number of hydrogen-bond acceptors (Lipinski definition) is 4. The van der Waals surface area contributed by atoms with Gasteiger partial charge in [-0.3, -0.25) is 9.69 Å². The molecule has 1 amide bonds. The Morgan fingerprint density at radius 3 is 2.46 bits per heavy atom. The quantitative estimate of drug-likeness (QED) is 0.693. The van der Waals surface area contributed by atoms with Gasteiger partial charge >= 0.3 is 0 Å². The van der Waals surface area contributed by atoms with E-state index in [0.29, 0.717) is 23.4 Å². The zero-order valence-corrected chi connectivity index (χ0v) is 17.6. The summed E-state index contributed by atoms with van der Waals surface area (Å²) in [4.78, 5) is 15.3. The molecular formula is C21H33N3O3S. The molecule has 2 aliphatic rings. The van der Waals surface area contributed by atoms with Crippen molar-refractivity contribution in [2.24, 2.45) is 11.8 Å². The van der Waals surface area contributed by atoms with E-state index in [2.05, 4.69) is 21.9 Å². The highest BCUT2D eigenvalue weighted by molar-refractivity contribution is 7.89. The van der Waals surface area contributed by atoms with Gasteiger partial charge in [-0.25, -0.2) is 13.1 Å². The molecule has 7 heteroatoms. The minimum atomic E-state index is -3.45. The van der Waals surface area contributed by atoms with Gasteiger partial charge in [0.25, 0.3) is 0 Å². The van der Waals surface area contributed by atoms with Crippen LogP contribution >= 0.6 is 0 Å². The predicted octanol–water partition coefficient (Wildman–Crippen LogP) is 2.37. The summed E-state index contributed by atoms with van der Waals surface area (Å²) in [5, 5.41) is 3.16. The lowest BCUT2D eigenvalue weighted by atomic mass is 9.81.